The first-order valence-electron chi connectivity index (χ1n) is 7.15. The summed E-state index contributed by atoms with van der Waals surface area (Å²) in [7, 11) is 0. The van der Waals surface area contributed by atoms with Crippen LogP contribution in [-0.4, -0.2) is 24.1 Å². The van der Waals surface area contributed by atoms with E-state index in [1.54, 1.807) is 0 Å². The average Bonchev–Trinajstić information content (AvgIpc) is 2.83. The van der Waals surface area contributed by atoms with E-state index in [1.165, 1.54) is 16.5 Å². The maximum Gasteiger partial charge on any atom is 0.0454 e. The second kappa shape index (κ2) is 6.73. The number of aromatic nitrogens is 1. The van der Waals surface area contributed by atoms with Gasteiger partial charge in [0.1, 0.15) is 0 Å². The zero-order valence-electron chi connectivity index (χ0n) is 12.2. The first-order chi connectivity index (χ1) is 9.15. The number of fused-ring (bicyclic) bond motifs is 1. The lowest BCUT2D eigenvalue weighted by atomic mass is 10.1. The summed E-state index contributed by atoms with van der Waals surface area (Å²) in [6.45, 7) is 9.72. The van der Waals surface area contributed by atoms with E-state index in [-0.39, 0.29) is 0 Å². The smallest absolute Gasteiger partial charge is 0.0454 e. The number of rotatable bonds is 7. The Balaban J connectivity index is 1.77. The van der Waals surface area contributed by atoms with E-state index in [0.29, 0.717) is 12.0 Å². The number of hydrogen-bond acceptors (Lipinski definition) is 2. The number of hydrogen-bond donors (Lipinski definition) is 3. The van der Waals surface area contributed by atoms with Crippen LogP contribution in [-0.2, 0) is 6.54 Å². The van der Waals surface area contributed by atoms with E-state index in [4.69, 9.17) is 0 Å². The molecule has 0 saturated heterocycles. The number of H-pyrrole nitrogens is 1. The Kier molecular flexibility index (Phi) is 5.00. The monoisotopic (exact) mass is 259 g/mol. The van der Waals surface area contributed by atoms with Crippen molar-refractivity contribution in [3.05, 3.63) is 36.0 Å². The van der Waals surface area contributed by atoms with Gasteiger partial charge in [-0.1, -0.05) is 19.9 Å². The molecule has 1 unspecified atom stereocenters. The lowest BCUT2D eigenvalue weighted by molar-refractivity contribution is 0.472. The van der Waals surface area contributed by atoms with Crippen LogP contribution in [0, 0.1) is 5.92 Å². The van der Waals surface area contributed by atoms with Gasteiger partial charge in [0, 0.05) is 30.8 Å². The molecule has 3 nitrogen and oxygen atoms in total. The van der Waals surface area contributed by atoms with Gasteiger partial charge in [-0.3, -0.25) is 0 Å². The van der Waals surface area contributed by atoms with Crippen LogP contribution in [0.3, 0.4) is 0 Å². The highest BCUT2D eigenvalue weighted by Gasteiger charge is 2.03. The fraction of sp³-hybridized carbons (Fsp3) is 0.500. The highest BCUT2D eigenvalue weighted by atomic mass is 15.0. The fourth-order valence-corrected chi connectivity index (χ4v) is 2.17. The molecule has 0 radical (unpaired) electrons. The van der Waals surface area contributed by atoms with Crippen LogP contribution in [0.5, 0.6) is 0 Å². The molecule has 0 aliphatic heterocycles. The van der Waals surface area contributed by atoms with Crippen LogP contribution in [0.2, 0.25) is 0 Å². The third-order valence-corrected chi connectivity index (χ3v) is 3.28. The minimum absolute atomic E-state index is 0.487. The highest BCUT2D eigenvalue weighted by molar-refractivity contribution is 5.79. The largest absolute Gasteiger partial charge is 0.361 e. The summed E-state index contributed by atoms with van der Waals surface area (Å²) >= 11 is 0. The summed E-state index contributed by atoms with van der Waals surface area (Å²) in [5, 5.41) is 8.32. The molecule has 0 spiro atoms. The van der Waals surface area contributed by atoms with Gasteiger partial charge < -0.3 is 15.6 Å². The standard InChI is InChI=1S/C16H25N3/c1-12(2)9-17-10-13(3)19-11-14-4-5-16-15(8-14)6-7-18-16/h4-8,12-13,17-19H,9-11H2,1-3H3. The van der Waals surface area contributed by atoms with Gasteiger partial charge in [0.15, 0.2) is 0 Å². The molecule has 3 heteroatoms. The molecule has 0 saturated carbocycles. The molecule has 2 rings (SSSR count). The number of aromatic amines is 1. The van der Waals surface area contributed by atoms with Crippen molar-refractivity contribution in [2.45, 2.75) is 33.4 Å². The Bertz CT molecular complexity index is 501. The van der Waals surface area contributed by atoms with Crippen molar-refractivity contribution in [1.82, 2.24) is 15.6 Å². The molecule has 0 amide bonds. The minimum Gasteiger partial charge on any atom is -0.361 e. The van der Waals surface area contributed by atoms with Crippen LogP contribution in [0.4, 0.5) is 0 Å². The van der Waals surface area contributed by atoms with Crippen LogP contribution >= 0.6 is 0 Å². The predicted molar refractivity (Wildman–Crippen MR) is 82.3 cm³/mol. The molecular weight excluding hydrogens is 234 g/mol. The summed E-state index contributed by atoms with van der Waals surface area (Å²) in [4.78, 5) is 3.22. The zero-order chi connectivity index (χ0) is 13.7. The third kappa shape index (κ3) is 4.37. The topological polar surface area (TPSA) is 39.8 Å². The Morgan fingerprint density at radius 1 is 1.11 bits per heavy atom. The van der Waals surface area contributed by atoms with Crippen LogP contribution in [0.25, 0.3) is 10.9 Å². The quantitative estimate of drug-likeness (QED) is 0.715. The summed E-state index contributed by atoms with van der Waals surface area (Å²) in [5.41, 5.74) is 2.54. The maximum atomic E-state index is 3.56. The van der Waals surface area contributed by atoms with Crippen LogP contribution < -0.4 is 10.6 Å². The Morgan fingerprint density at radius 2 is 1.95 bits per heavy atom. The summed E-state index contributed by atoms with van der Waals surface area (Å²) in [5.74, 6) is 0.711. The molecule has 1 aromatic heterocycles. The molecule has 2 aromatic rings. The van der Waals surface area contributed by atoms with Crippen LogP contribution in [0.1, 0.15) is 26.3 Å². The molecule has 0 aliphatic rings. The van der Waals surface area contributed by atoms with Gasteiger partial charge in [-0.05, 0) is 48.5 Å². The van der Waals surface area contributed by atoms with Crippen molar-refractivity contribution in [3.8, 4) is 0 Å². The van der Waals surface area contributed by atoms with Crippen molar-refractivity contribution in [3.63, 3.8) is 0 Å². The number of nitrogens with one attached hydrogen (secondary N) is 3. The summed E-state index contributed by atoms with van der Waals surface area (Å²) < 4.78 is 0. The van der Waals surface area contributed by atoms with Crippen molar-refractivity contribution in [2.24, 2.45) is 5.92 Å². The van der Waals surface area contributed by atoms with E-state index in [1.807, 2.05) is 6.20 Å². The van der Waals surface area contributed by atoms with Gasteiger partial charge in [-0.25, -0.2) is 0 Å². The molecule has 1 aromatic carbocycles. The zero-order valence-corrected chi connectivity index (χ0v) is 12.2. The first kappa shape index (κ1) is 14.1. The molecular formula is C16H25N3. The van der Waals surface area contributed by atoms with Gasteiger partial charge in [-0.15, -0.1) is 0 Å². The van der Waals surface area contributed by atoms with E-state index in [9.17, 15) is 0 Å². The fourth-order valence-electron chi connectivity index (χ4n) is 2.17. The van der Waals surface area contributed by atoms with Gasteiger partial charge >= 0.3 is 0 Å². The molecule has 0 bridgehead atoms. The second-order valence-electron chi connectivity index (χ2n) is 5.73. The first-order valence-corrected chi connectivity index (χ1v) is 7.15. The van der Waals surface area contributed by atoms with E-state index in [0.717, 1.165) is 19.6 Å². The molecule has 1 heterocycles. The highest BCUT2D eigenvalue weighted by Crippen LogP contribution is 2.14. The predicted octanol–water partition coefficient (Wildman–Crippen LogP) is 2.89. The third-order valence-electron chi connectivity index (χ3n) is 3.28. The number of benzene rings is 1. The molecule has 3 N–H and O–H groups in total. The Hall–Kier alpha value is -1.32. The molecule has 0 aliphatic carbocycles. The maximum absolute atomic E-state index is 3.56. The van der Waals surface area contributed by atoms with Gasteiger partial charge in [-0.2, -0.15) is 0 Å². The lowest BCUT2D eigenvalue weighted by Crippen LogP contribution is -2.37. The van der Waals surface area contributed by atoms with E-state index in [2.05, 4.69) is 60.7 Å². The lowest BCUT2D eigenvalue weighted by Gasteiger charge is -2.15. The van der Waals surface area contributed by atoms with Crippen molar-refractivity contribution in [2.75, 3.05) is 13.1 Å². The summed E-state index contributed by atoms with van der Waals surface area (Å²) in [6, 6.07) is 9.17. The Labute approximate surface area is 115 Å². The van der Waals surface area contributed by atoms with Crippen molar-refractivity contribution in [1.29, 1.82) is 0 Å². The van der Waals surface area contributed by atoms with E-state index >= 15 is 0 Å². The SMILES string of the molecule is CC(C)CNCC(C)NCc1ccc2[nH]ccc2c1. The van der Waals surface area contributed by atoms with Crippen molar-refractivity contribution >= 4 is 10.9 Å². The van der Waals surface area contributed by atoms with Gasteiger partial charge in [0.05, 0.1) is 0 Å². The molecule has 104 valence electrons. The van der Waals surface area contributed by atoms with Crippen molar-refractivity contribution < 1.29 is 0 Å². The summed E-state index contributed by atoms with van der Waals surface area (Å²) in [6.07, 6.45) is 1.99. The van der Waals surface area contributed by atoms with Gasteiger partial charge in [0.25, 0.3) is 0 Å². The molecule has 19 heavy (non-hydrogen) atoms. The average molecular weight is 259 g/mol. The Morgan fingerprint density at radius 3 is 2.74 bits per heavy atom. The molecule has 0 fully saturated rings. The van der Waals surface area contributed by atoms with Gasteiger partial charge in [0.2, 0.25) is 0 Å². The molecule has 1 atom stereocenters. The van der Waals surface area contributed by atoms with Crippen LogP contribution in [0.15, 0.2) is 30.5 Å². The second-order valence-corrected chi connectivity index (χ2v) is 5.73. The normalized spacial score (nSPS) is 13.3. The minimum atomic E-state index is 0.487. The van der Waals surface area contributed by atoms with E-state index < -0.39 is 0 Å².